The summed E-state index contributed by atoms with van der Waals surface area (Å²) >= 11 is 0. The molecule has 0 radical (unpaired) electrons. The SMILES string of the molecule is OC1(C(F)(F)F)CCC=C(c2ccccc2)C1. The number of hydrogen-bond acceptors (Lipinski definition) is 1. The Kier molecular flexibility index (Phi) is 3.00. The van der Waals surface area contributed by atoms with Crippen molar-refractivity contribution in [1.29, 1.82) is 0 Å². The summed E-state index contributed by atoms with van der Waals surface area (Å²) in [7, 11) is 0. The van der Waals surface area contributed by atoms with E-state index in [0.717, 1.165) is 5.56 Å². The lowest BCUT2D eigenvalue weighted by Gasteiger charge is -2.34. The van der Waals surface area contributed by atoms with Crippen molar-refractivity contribution in [2.45, 2.75) is 31.0 Å². The van der Waals surface area contributed by atoms with Crippen LogP contribution in [0.5, 0.6) is 0 Å². The molecule has 0 aromatic heterocycles. The molecule has 4 heteroatoms. The van der Waals surface area contributed by atoms with Gasteiger partial charge in [0.25, 0.3) is 0 Å². The minimum absolute atomic E-state index is 0.250. The van der Waals surface area contributed by atoms with Crippen LogP contribution in [0.15, 0.2) is 36.4 Å². The monoisotopic (exact) mass is 242 g/mol. The van der Waals surface area contributed by atoms with E-state index in [1.54, 1.807) is 30.3 Å². The lowest BCUT2D eigenvalue weighted by molar-refractivity contribution is -0.261. The van der Waals surface area contributed by atoms with Crippen molar-refractivity contribution in [2.24, 2.45) is 0 Å². The first-order valence-electron chi connectivity index (χ1n) is 5.46. The van der Waals surface area contributed by atoms with Gasteiger partial charge in [0.1, 0.15) is 0 Å². The summed E-state index contributed by atoms with van der Waals surface area (Å²) < 4.78 is 38.2. The molecule has 1 nitrogen and oxygen atoms in total. The molecule has 2 rings (SSSR count). The Bertz CT molecular complexity index is 422. The Morgan fingerprint density at radius 3 is 2.35 bits per heavy atom. The van der Waals surface area contributed by atoms with Crippen molar-refractivity contribution >= 4 is 5.57 Å². The van der Waals surface area contributed by atoms with Crippen LogP contribution in [0.25, 0.3) is 5.57 Å². The first kappa shape index (κ1) is 12.2. The fourth-order valence-electron chi connectivity index (χ4n) is 2.07. The predicted octanol–water partition coefficient (Wildman–Crippen LogP) is 3.55. The lowest BCUT2D eigenvalue weighted by Crippen LogP contribution is -2.46. The molecular weight excluding hydrogens is 229 g/mol. The van der Waals surface area contributed by atoms with Crippen LogP contribution < -0.4 is 0 Å². The van der Waals surface area contributed by atoms with Crippen LogP contribution in [-0.2, 0) is 0 Å². The molecular formula is C13H13F3O. The summed E-state index contributed by atoms with van der Waals surface area (Å²) in [6, 6.07) is 8.87. The van der Waals surface area contributed by atoms with Gasteiger partial charge in [0.05, 0.1) is 0 Å². The smallest absolute Gasteiger partial charge is 0.380 e. The van der Waals surface area contributed by atoms with Crippen LogP contribution in [0.2, 0.25) is 0 Å². The molecule has 0 bridgehead atoms. The molecule has 1 N–H and O–H groups in total. The highest BCUT2D eigenvalue weighted by molar-refractivity contribution is 5.67. The Balaban J connectivity index is 2.26. The van der Waals surface area contributed by atoms with Crippen LogP contribution in [0.4, 0.5) is 13.2 Å². The summed E-state index contributed by atoms with van der Waals surface area (Å²) in [6.07, 6.45) is -3.16. The first-order chi connectivity index (χ1) is 7.92. The van der Waals surface area contributed by atoms with Crippen LogP contribution in [0.3, 0.4) is 0 Å². The molecule has 1 aliphatic rings. The van der Waals surface area contributed by atoms with Crippen LogP contribution in [-0.4, -0.2) is 16.9 Å². The van der Waals surface area contributed by atoms with Crippen molar-refractivity contribution in [1.82, 2.24) is 0 Å². The van der Waals surface area contributed by atoms with Gasteiger partial charge in [-0.15, -0.1) is 0 Å². The van der Waals surface area contributed by atoms with E-state index in [4.69, 9.17) is 0 Å². The number of rotatable bonds is 1. The molecule has 1 aliphatic carbocycles. The van der Waals surface area contributed by atoms with E-state index in [0.29, 0.717) is 5.57 Å². The quantitative estimate of drug-likeness (QED) is 0.798. The van der Waals surface area contributed by atoms with E-state index in [9.17, 15) is 18.3 Å². The Morgan fingerprint density at radius 1 is 1.12 bits per heavy atom. The van der Waals surface area contributed by atoms with Crippen LogP contribution >= 0.6 is 0 Å². The first-order valence-corrected chi connectivity index (χ1v) is 5.46. The highest BCUT2D eigenvalue weighted by Crippen LogP contribution is 2.43. The summed E-state index contributed by atoms with van der Waals surface area (Å²) in [5.74, 6) is 0. The van der Waals surface area contributed by atoms with Gasteiger partial charge < -0.3 is 5.11 Å². The molecule has 1 aromatic carbocycles. The van der Waals surface area contributed by atoms with Gasteiger partial charge in [-0.1, -0.05) is 36.4 Å². The topological polar surface area (TPSA) is 20.2 Å². The third-order valence-electron chi connectivity index (χ3n) is 3.10. The van der Waals surface area contributed by atoms with Crippen molar-refractivity contribution in [3.8, 4) is 0 Å². The largest absolute Gasteiger partial charge is 0.417 e. The Hall–Kier alpha value is -1.29. The van der Waals surface area contributed by atoms with Gasteiger partial charge in [-0.2, -0.15) is 13.2 Å². The van der Waals surface area contributed by atoms with E-state index >= 15 is 0 Å². The maximum atomic E-state index is 12.7. The van der Waals surface area contributed by atoms with Crippen molar-refractivity contribution in [3.05, 3.63) is 42.0 Å². The molecule has 17 heavy (non-hydrogen) atoms. The maximum Gasteiger partial charge on any atom is 0.417 e. The third kappa shape index (κ3) is 2.36. The van der Waals surface area contributed by atoms with Gasteiger partial charge >= 0.3 is 6.18 Å². The second-order valence-electron chi connectivity index (χ2n) is 4.34. The molecule has 0 saturated heterocycles. The van der Waals surface area contributed by atoms with Gasteiger partial charge in [0.15, 0.2) is 5.60 Å². The zero-order chi connectivity index (χ0) is 12.5. The fraction of sp³-hybridized carbons (Fsp3) is 0.385. The Morgan fingerprint density at radius 2 is 1.76 bits per heavy atom. The standard InChI is InChI=1S/C13H13F3O/c14-13(15,16)12(17)8-4-7-11(9-12)10-5-2-1-3-6-10/h1-3,5-7,17H,4,8-9H2. The number of hydrogen-bond donors (Lipinski definition) is 1. The van der Waals surface area contributed by atoms with E-state index in [-0.39, 0.29) is 19.3 Å². The summed E-state index contributed by atoms with van der Waals surface area (Å²) in [6.45, 7) is 0. The van der Waals surface area contributed by atoms with E-state index < -0.39 is 11.8 Å². The molecule has 0 amide bonds. The number of alkyl halides is 3. The third-order valence-corrected chi connectivity index (χ3v) is 3.10. The number of benzene rings is 1. The van der Waals surface area contributed by atoms with E-state index in [2.05, 4.69) is 0 Å². The highest BCUT2D eigenvalue weighted by atomic mass is 19.4. The predicted molar refractivity (Wildman–Crippen MR) is 59.3 cm³/mol. The highest BCUT2D eigenvalue weighted by Gasteiger charge is 2.54. The van der Waals surface area contributed by atoms with E-state index in [1.807, 2.05) is 6.07 Å². The molecule has 0 saturated carbocycles. The molecule has 0 heterocycles. The number of halogens is 3. The van der Waals surface area contributed by atoms with Gasteiger partial charge in [-0.3, -0.25) is 0 Å². The summed E-state index contributed by atoms with van der Waals surface area (Å²) in [5, 5.41) is 9.67. The summed E-state index contributed by atoms with van der Waals surface area (Å²) in [5.41, 5.74) is -1.26. The molecule has 0 spiro atoms. The normalized spacial score (nSPS) is 25.5. The van der Waals surface area contributed by atoms with Crippen LogP contribution in [0.1, 0.15) is 24.8 Å². The zero-order valence-electron chi connectivity index (χ0n) is 9.17. The molecule has 92 valence electrons. The second-order valence-corrected chi connectivity index (χ2v) is 4.34. The van der Waals surface area contributed by atoms with Crippen molar-refractivity contribution in [2.75, 3.05) is 0 Å². The zero-order valence-corrected chi connectivity index (χ0v) is 9.17. The lowest BCUT2D eigenvalue weighted by atomic mass is 9.81. The van der Waals surface area contributed by atoms with Gasteiger partial charge in [0.2, 0.25) is 0 Å². The Labute approximate surface area is 97.6 Å². The second kappa shape index (κ2) is 4.18. The minimum Gasteiger partial charge on any atom is -0.380 e. The molecule has 0 aliphatic heterocycles. The van der Waals surface area contributed by atoms with Gasteiger partial charge in [0, 0.05) is 6.42 Å². The maximum absolute atomic E-state index is 12.7. The average Bonchev–Trinajstić information content (AvgIpc) is 2.29. The van der Waals surface area contributed by atoms with E-state index in [1.165, 1.54) is 0 Å². The molecule has 0 fully saturated rings. The number of allylic oxidation sites excluding steroid dienone is 1. The van der Waals surface area contributed by atoms with Gasteiger partial charge in [-0.05, 0) is 24.0 Å². The van der Waals surface area contributed by atoms with Gasteiger partial charge in [-0.25, -0.2) is 0 Å². The van der Waals surface area contributed by atoms with Crippen molar-refractivity contribution in [3.63, 3.8) is 0 Å². The molecule has 1 atom stereocenters. The number of aliphatic hydroxyl groups is 1. The summed E-state index contributed by atoms with van der Waals surface area (Å²) in [4.78, 5) is 0. The fourth-order valence-corrected chi connectivity index (χ4v) is 2.07. The van der Waals surface area contributed by atoms with Crippen LogP contribution in [0, 0.1) is 0 Å². The molecule has 1 unspecified atom stereocenters. The van der Waals surface area contributed by atoms with Crippen molar-refractivity contribution < 1.29 is 18.3 Å². The molecule has 1 aromatic rings. The minimum atomic E-state index is -4.57. The average molecular weight is 242 g/mol.